The minimum Gasteiger partial charge on any atom is -0.371 e. The van der Waals surface area contributed by atoms with Gasteiger partial charge in [0.15, 0.2) is 0 Å². The van der Waals surface area contributed by atoms with Crippen molar-refractivity contribution in [2.45, 2.75) is 68.1 Å². The third-order valence-electron chi connectivity index (χ3n) is 10.3. The van der Waals surface area contributed by atoms with Crippen LogP contribution in [0.25, 0.3) is 0 Å². The van der Waals surface area contributed by atoms with Gasteiger partial charge >= 0.3 is 0 Å². The van der Waals surface area contributed by atoms with E-state index in [2.05, 4.69) is 20.6 Å². The quantitative estimate of drug-likeness (QED) is 0.516. The van der Waals surface area contributed by atoms with Crippen LogP contribution in [0.4, 0.5) is 10.1 Å². The Bertz CT molecular complexity index is 1230. The molecule has 0 bridgehead atoms. The Hall–Kier alpha value is -1.96. The summed E-state index contributed by atoms with van der Waals surface area (Å²) in [5.74, 6) is 2.05. The van der Waals surface area contributed by atoms with E-state index in [-0.39, 0.29) is 11.2 Å². The molecule has 2 aliphatic carbocycles. The molecular weight excluding hydrogens is 497 g/mol. The van der Waals surface area contributed by atoms with Crippen molar-refractivity contribution in [1.29, 1.82) is 0 Å². The molecule has 206 valence electrons. The number of likely N-dealkylation sites (tertiary alicyclic amines) is 1. The van der Waals surface area contributed by atoms with Crippen LogP contribution in [0.1, 0.15) is 62.5 Å². The summed E-state index contributed by atoms with van der Waals surface area (Å²) in [6, 6.07) is 13.1. The molecule has 3 fully saturated rings. The number of fused-ring (bicyclic) bond motifs is 1. The summed E-state index contributed by atoms with van der Waals surface area (Å²) in [5.41, 5.74) is 3.67. The maximum absolute atomic E-state index is 14.9. The van der Waals surface area contributed by atoms with E-state index in [1.54, 1.807) is 18.2 Å². The lowest BCUT2D eigenvalue weighted by Gasteiger charge is -2.52. The lowest BCUT2D eigenvalue weighted by Crippen LogP contribution is -2.54. The molecule has 2 heterocycles. The Morgan fingerprint density at radius 1 is 0.947 bits per heavy atom. The number of hydrogen-bond donors (Lipinski definition) is 1. The van der Waals surface area contributed by atoms with Gasteiger partial charge in [-0.15, -0.1) is 0 Å². The van der Waals surface area contributed by atoms with Crippen molar-refractivity contribution in [1.82, 2.24) is 9.62 Å². The minimum absolute atomic E-state index is 0.0230. The second-order valence-corrected chi connectivity index (χ2v) is 14.1. The van der Waals surface area contributed by atoms with Crippen molar-refractivity contribution < 1.29 is 12.8 Å². The third-order valence-corrected chi connectivity index (χ3v) is 11.7. The van der Waals surface area contributed by atoms with Gasteiger partial charge in [-0.3, -0.25) is 0 Å². The van der Waals surface area contributed by atoms with Crippen LogP contribution < -0.4 is 9.62 Å². The predicted octanol–water partition coefficient (Wildman–Crippen LogP) is 5.35. The number of rotatable bonds is 7. The predicted molar refractivity (Wildman–Crippen MR) is 151 cm³/mol. The van der Waals surface area contributed by atoms with E-state index in [0.717, 1.165) is 62.7 Å². The number of nitrogens with zero attached hydrogens (tertiary/aromatic N) is 2. The lowest BCUT2D eigenvalue weighted by molar-refractivity contribution is 0.0644. The maximum Gasteiger partial charge on any atom is 0.240 e. The molecule has 2 aromatic rings. The molecule has 0 spiro atoms. The molecule has 5 nitrogen and oxygen atoms in total. The molecule has 1 saturated carbocycles. The Labute approximate surface area is 227 Å². The first-order chi connectivity index (χ1) is 18.4. The molecule has 0 amide bonds. The number of hydrogen-bond acceptors (Lipinski definition) is 4. The molecule has 1 unspecified atom stereocenters. The van der Waals surface area contributed by atoms with Gasteiger partial charge in [0.1, 0.15) is 5.82 Å². The zero-order valence-electron chi connectivity index (χ0n) is 22.7. The monoisotopic (exact) mass is 539 g/mol. The average Bonchev–Trinajstić information content (AvgIpc) is 3.47. The van der Waals surface area contributed by atoms with E-state index in [4.69, 9.17) is 0 Å². The van der Waals surface area contributed by atoms with Crippen LogP contribution in [0.2, 0.25) is 0 Å². The summed E-state index contributed by atoms with van der Waals surface area (Å²) in [5, 5.41) is 0. The third kappa shape index (κ3) is 4.69. The fourth-order valence-corrected chi connectivity index (χ4v) is 9.14. The lowest BCUT2D eigenvalue weighted by atomic mass is 9.54. The largest absolute Gasteiger partial charge is 0.371 e. The fourth-order valence-electron chi connectivity index (χ4n) is 8.41. The zero-order valence-corrected chi connectivity index (χ0v) is 23.5. The number of halogens is 1. The highest BCUT2D eigenvalue weighted by atomic mass is 32.2. The number of benzene rings is 2. The van der Waals surface area contributed by atoms with Gasteiger partial charge in [-0.05, 0) is 118 Å². The van der Waals surface area contributed by atoms with Crippen LogP contribution in [0.15, 0.2) is 47.4 Å². The van der Waals surface area contributed by atoms with Crippen LogP contribution >= 0.6 is 0 Å². The van der Waals surface area contributed by atoms with Gasteiger partial charge in [0.2, 0.25) is 10.0 Å². The molecule has 2 saturated heterocycles. The summed E-state index contributed by atoms with van der Waals surface area (Å²) in [4.78, 5) is 5.32. The standard InChI is InChI=1S/C31H42FN3O2S/c1-33-38(36,37)27-13-11-26(12-14-27)35-21-23(22-35)20-34-18-15-25(16-19-34)31(24-6-2-3-7-24)17-5-8-28-29(31)9-4-10-30(28)32/h4,9-14,23-25,33H,2-3,5-8,15-22H2,1H3. The van der Waals surface area contributed by atoms with Crippen molar-refractivity contribution >= 4 is 15.7 Å². The van der Waals surface area contributed by atoms with Crippen molar-refractivity contribution in [2.75, 3.05) is 44.7 Å². The van der Waals surface area contributed by atoms with Gasteiger partial charge in [-0.25, -0.2) is 17.5 Å². The van der Waals surface area contributed by atoms with Gasteiger partial charge in [-0.2, -0.15) is 0 Å². The first-order valence-electron chi connectivity index (χ1n) is 14.7. The molecule has 0 radical (unpaired) electrons. The van der Waals surface area contributed by atoms with E-state index in [0.29, 0.717) is 16.7 Å². The number of nitrogens with one attached hydrogen (secondary N) is 1. The highest BCUT2D eigenvalue weighted by Crippen LogP contribution is 2.56. The normalized spacial score (nSPS) is 25.9. The SMILES string of the molecule is CNS(=O)(=O)c1ccc(N2CC(CN3CCC(C4(C5CCCC5)CCCc5c(F)cccc54)CC3)C2)cc1. The molecule has 7 heteroatoms. The summed E-state index contributed by atoms with van der Waals surface area (Å²) in [6.07, 6.45) is 11.0. The van der Waals surface area contributed by atoms with E-state index in [9.17, 15) is 12.8 Å². The van der Waals surface area contributed by atoms with E-state index >= 15 is 0 Å². The van der Waals surface area contributed by atoms with Crippen LogP contribution in [-0.2, 0) is 21.9 Å². The minimum atomic E-state index is -3.39. The molecule has 0 aromatic heterocycles. The van der Waals surface area contributed by atoms with Gasteiger partial charge in [0, 0.05) is 36.7 Å². The molecule has 2 aromatic carbocycles. The second-order valence-electron chi connectivity index (χ2n) is 12.2. The smallest absolute Gasteiger partial charge is 0.240 e. The van der Waals surface area contributed by atoms with Crippen LogP contribution in [0.5, 0.6) is 0 Å². The Kier molecular flexibility index (Phi) is 7.29. The summed E-state index contributed by atoms with van der Waals surface area (Å²) in [6.45, 7) is 5.48. The van der Waals surface area contributed by atoms with Crippen LogP contribution in [0.3, 0.4) is 0 Å². The Morgan fingerprint density at radius 3 is 2.32 bits per heavy atom. The molecule has 1 N–H and O–H groups in total. The summed E-state index contributed by atoms with van der Waals surface area (Å²) < 4.78 is 41.3. The van der Waals surface area contributed by atoms with Gasteiger partial charge in [0.05, 0.1) is 4.90 Å². The molecule has 38 heavy (non-hydrogen) atoms. The molecule has 2 aliphatic heterocycles. The summed E-state index contributed by atoms with van der Waals surface area (Å²) in [7, 11) is -1.96. The number of piperidine rings is 1. The van der Waals surface area contributed by atoms with Crippen molar-refractivity contribution in [3.05, 3.63) is 59.4 Å². The topological polar surface area (TPSA) is 52.7 Å². The van der Waals surface area contributed by atoms with Gasteiger partial charge in [-0.1, -0.05) is 25.0 Å². The average molecular weight is 540 g/mol. The van der Waals surface area contributed by atoms with Gasteiger partial charge in [0.25, 0.3) is 0 Å². The fraction of sp³-hybridized carbons (Fsp3) is 0.613. The first-order valence-corrected chi connectivity index (χ1v) is 16.2. The molecule has 4 aliphatic rings. The first kappa shape index (κ1) is 26.3. The number of sulfonamides is 1. The molecule has 6 rings (SSSR count). The number of anilines is 1. The van der Waals surface area contributed by atoms with E-state index in [1.165, 1.54) is 57.6 Å². The highest BCUT2D eigenvalue weighted by molar-refractivity contribution is 7.89. The Balaban J connectivity index is 1.07. The molecular formula is C31H42FN3O2S. The van der Waals surface area contributed by atoms with E-state index < -0.39 is 10.0 Å². The van der Waals surface area contributed by atoms with Crippen molar-refractivity contribution in [3.63, 3.8) is 0 Å². The highest BCUT2D eigenvalue weighted by Gasteiger charge is 2.50. The van der Waals surface area contributed by atoms with Crippen molar-refractivity contribution in [2.24, 2.45) is 17.8 Å². The zero-order chi connectivity index (χ0) is 26.3. The Morgan fingerprint density at radius 2 is 1.63 bits per heavy atom. The van der Waals surface area contributed by atoms with Crippen LogP contribution in [0, 0.1) is 23.6 Å². The van der Waals surface area contributed by atoms with Crippen LogP contribution in [-0.4, -0.2) is 53.1 Å². The maximum atomic E-state index is 14.9. The second kappa shape index (κ2) is 10.5. The van der Waals surface area contributed by atoms with E-state index in [1.807, 2.05) is 18.2 Å². The molecule has 1 atom stereocenters. The summed E-state index contributed by atoms with van der Waals surface area (Å²) >= 11 is 0. The van der Waals surface area contributed by atoms with Gasteiger partial charge < -0.3 is 9.80 Å². The van der Waals surface area contributed by atoms with Crippen molar-refractivity contribution in [3.8, 4) is 0 Å².